The van der Waals surface area contributed by atoms with E-state index < -0.39 is 5.97 Å². The molecule has 7 heteroatoms. The van der Waals surface area contributed by atoms with Gasteiger partial charge in [-0.05, 0) is 66.3 Å². The molecule has 0 aromatic heterocycles. The minimum Gasteiger partial charge on any atom is -0.497 e. The van der Waals surface area contributed by atoms with Gasteiger partial charge >= 0.3 is 5.97 Å². The fourth-order valence-electron chi connectivity index (χ4n) is 4.57. The van der Waals surface area contributed by atoms with Gasteiger partial charge < -0.3 is 14.6 Å². The van der Waals surface area contributed by atoms with Crippen LogP contribution in [0.4, 0.5) is 0 Å². The summed E-state index contributed by atoms with van der Waals surface area (Å²) in [7, 11) is 3.26. The van der Waals surface area contributed by atoms with Crippen molar-refractivity contribution < 1.29 is 24.2 Å². The van der Waals surface area contributed by atoms with E-state index in [2.05, 4.69) is 6.08 Å². The van der Waals surface area contributed by atoms with Gasteiger partial charge in [-0.15, -0.1) is 0 Å². The lowest BCUT2D eigenvalue weighted by Crippen LogP contribution is -2.32. The summed E-state index contributed by atoms with van der Waals surface area (Å²) in [5.74, 6) is 0.333. The number of methoxy groups -OCH3 is 2. The smallest absolute Gasteiger partial charge is 0.303 e. The predicted octanol–water partition coefficient (Wildman–Crippen LogP) is 4.69. The van der Waals surface area contributed by atoms with Crippen LogP contribution >= 0.6 is 0 Å². The average Bonchev–Trinajstić information content (AvgIpc) is 3.24. The van der Waals surface area contributed by atoms with Crippen molar-refractivity contribution in [1.82, 2.24) is 5.01 Å². The van der Waals surface area contributed by atoms with Gasteiger partial charge in [-0.3, -0.25) is 9.59 Å². The second kappa shape index (κ2) is 9.90. The van der Waals surface area contributed by atoms with Crippen molar-refractivity contribution in [2.45, 2.75) is 38.1 Å². The van der Waals surface area contributed by atoms with Crippen LogP contribution < -0.4 is 9.47 Å². The zero-order valence-corrected chi connectivity index (χ0v) is 18.9. The van der Waals surface area contributed by atoms with Crippen LogP contribution in [0.3, 0.4) is 0 Å². The molecular formula is C26H28N2O5. The molecule has 0 saturated heterocycles. The topological polar surface area (TPSA) is 88.4 Å². The van der Waals surface area contributed by atoms with Crippen molar-refractivity contribution in [3.8, 4) is 11.5 Å². The van der Waals surface area contributed by atoms with E-state index in [1.807, 2.05) is 48.5 Å². The van der Waals surface area contributed by atoms with Crippen molar-refractivity contribution >= 4 is 23.7 Å². The molecule has 2 aromatic rings. The van der Waals surface area contributed by atoms with Gasteiger partial charge in [0.2, 0.25) is 5.91 Å². The Kier molecular flexibility index (Phi) is 6.77. The minimum absolute atomic E-state index is 0.0606. The summed E-state index contributed by atoms with van der Waals surface area (Å²) in [6.07, 6.45) is 4.63. The van der Waals surface area contributed by atoms with Gasteiger partial charge in [0.25, 0.3) is 0 Å². The molecule has 7 nitrogen and oxygen atoms in total. The maximum atomic E-state index is 13.0. The van der Waals surface area contributed by atoms with Crippen molar-refractivity contribution in [2.24, 2.45) is 11.0 Å². The summed E-state index contributed by atoms with van der Waals surface area (Å²) in [5, 5.41) is 15.4. The van der Waals surface area contributed by atoms with Crippen molar-refractivity contribution in [1.29, 1.82) is 0 Å². The van der Waals surface area contributed by atoms with E-state index in [9.17, 15) is 9.59 Å². The molecule has 0 spiro atoms. The lowest BCUT2D eigenvalue weighted by Gasteiger charge is -2.29. The summed E-state index contributed by atoms with van der Waals surface area (Å²) in [6.45, 7) is 0. The third kappa shape index (κ3) is 4.92. The number of hydrogen-bond acceptors (Lipinski definition) is 5. The highest BCUT2D eigenvalue weighted by molar-refractivity contribution is 6.08. The van der Waals surface area contributed by atoms with Crippen molar-refractivity contribution in [3.05, 3.63) is 65.2 Å². The number of fused-ring (bicyclic) bond motifs is 1. The van der Waals surface area contributed by atoms with Crippen molar-refractivity contribution in [2.75, 3.05) is 14.2 Å². The minimum atomic E-state index is -0.992. The Labute approximate surface area is 193 Å². The number of carbonyl (C=O) groups excluding carboxylic acids is 1. The van der Waals surface area contributed by atoms with E-state index in [1.54, 1.807) is 14.2 Å². The van der Waals surface area contributed by atoms with Gasteiger partial charge in [-0.1, -0.05) is 24.3 Å². The first-order valence-corrected chi connectivity index (χ1v) is 11.1. The standard InChI is InChI=1S/C26H28N2O5/c1-32-20-10-6-17(7-11-20)16-19-4-3-5-22-25(19)27-28(23(29)14-15-24(30)31)26(22)18-8-12-21(33-2)13-9-18/h6-13,16,22,26H,3-5,14-15H2,1-2H3,(H,30,31)/b19-16+/t22-,26-/m0/s1. The molecule has 0 radical (unpaired) electrons. The van der Waals surface area contributed by atoms with Crippen LogP contribution in [0.1, 0.15) is 49.3 Å². The Balaban J connectivity index is 1.69. The van der Waals surface area contributed by atoms with Gasteiger partial charge in [-0.25, -0.2) is 5.01 Å². The SMILES string of the molecule is COc1ccc(/C=C2\CCC[C@H]3C2=NN(C(=O)CCC(=O)O)[C@H]3c2ccc(OC)cc2)cc1. The van der Waals surface area contributed by atoms with Gasteiger partial charge in [-0.2, -0.15) is 5.10 Å². The molecule has 1 N–H and O–H groups in total. The number of ether oxygens (including phenoxy) is 2. The molecule has 172 valence electrons. The second-order valence-corrected chi connectivity index (χ2v) is 8.28. The quantitative estimate of drug-likeness (QED) is 0.664. The Morgan fingerprint density at radius 3 is 2.27 bits per heavy atom. The molecule has 1 amide bonds. The van der Waals surface area contributed by atoms with E-state index in [1.165, 1.54) is 5.01 Å². The van der Waals surface area contributed by atoms with E-state index >= 15 is 0 Å². The number of hydrogen-bond donors (Lipinski definition) is 1. The molecule has 1 heterocycles. The molecule has 4 rings (SSSR count). The van der Waals surface area contributed by atoms with E-state index in [-0.39, 0.29) is 30.7 Å². The highest BCUT2D eigenvalue weighted by atomic mass is 16.5. The molecular weight excluding hydrogens is 420 g/mol. The second-order valence-electron chi connectivity index (χ2n) is 8.28. The van der Waals surface area contributed by atoms with Crippen LogP contribution in [0, 0.1) is 5.92 Å². The Hall–Kier alpha value is -3.61. The first-order valence-electron chi connectivity index (χ1n) is 11.1. The number of carboxylic acid groups (broad SMARTS) is 1. The Morgan fingerprint density at radius 2 is 1.67 bits per heavy atom. The number of benzene rings is 2. The van der Waals surface area contributed by atoms with Crippen LogP contribution in [0.5, 0.6) is 11.5 Å². The number of nitrogens with zero attached hydrogens (tertiary/aromatic N) is 2. The lowest BCUT2D eigenvalue weighted by molar-refractivity contribution is -0.141. The molecule has 0 bridgehead atoms. The number of carbonyl (C=O) groups is 2. The Morgan fingerprint density at radius 1 is 1.03 bits per heavy atom. The van der Waals surface area contributed by atoms with Gasteiger partial charge in [0.1, 0.15) is 11.5 Å². The average molecular weight is 449 g/mol. The molecule has 2 aromatic carbocycles. The summed E-state index contributed by atoms with van der Waals surface area (Å²) >= 11 is 0. The molecule has 2 atom stereocenters. The Bertz CT molecular complexity index is 1070. The molecule has 0 unspecified atom stereocenters. The molecule has 33 heavy (non-hydrogen) atoms. The fourth-order valence-corrected chi connectivity index (χ4v) is 4.57. The highest BCUT2D eigenvalue weighted by Gasteiger charge is 2.43. The third-order valence-corrected chi connectivity index (χ3v) is 6.22. The first kappa shape index (κ1) is 22.6. The molecule has 1 aliphatic carbocycles. The van der Waals surface area contributed by atoms with E-state index in [4.69, 9.17) is 19.7 Å². The molecule has 1 fully saturated rings. The fraction of sp³-hybridized carbons (Fsp3) is 0.346. The number of allylic oxidation sites excluding steroid dienone is 1. The predicted molar refractivity (Wildman–Crippen MR) is 125 cm³/mol. The zero-order chi connectivity index (χ0) is 23.4. The number of aliphatic carboxylic acids is 1. The van der Waals surface area contributed by atoms with Crippen LogP contribution in [0.25, 0.3) is 6.08 Å². The molecule has 1 saturated carbocycles. The van der Waals surface area contributed by atoms with Gasteiger partial charge in [0.15, 0.2) is 0 Å². The summed E-state index contributed by atoms with van der Waals surface area (Å²) in [4.78, 5) is 24.1. The number of carboxylic acids is 1. The van der Waals surface area contributed by atoms with Crippen LogP contribution in [-0.4, -0.2) is 41.9 Å². The third-order valence-electron chi connectivity index (χ3n) is 6.22. The number of rotatable bonds is 7. The van der Waals surface area contributed by atoms with Crippen molar-refractivity contribution in [3.63, 3.8) is 0 Å². The monoisotopic (exact) mass is 448 g/mol. The number of amides is 1. The maximum Gasteiger partial charge on any atom is 0.303 e. The summed E-state index contributed by atoms with van der Waals surface area (Å²) in [6, 6.07) is 15.3. The lowest BCUT2D eigenvalue weighted by atomic mass is 9.77. The van der Waals surface area contributed by atoms with Gasteiger partial charge in [0, 0.05) is 12.3 Å². The largest absolute Gasteiger partial charge is 0.497 e. The molecule has 1 aliphatic heterocycles. The molecule has 2 aliphatic rings. The van der Waals surface area contributed by atoms with Crippen LogP contribution in [0.15, 0.2) is 59.2 Å². The van der Waals surface area contributed by atoms with Crippen LogP contribution in [-0.2, 0) is 9.59 Å². The van der Waals surface area contributed by atoms with E-state index in [0.29, 0.717) is 0 Å². The zero-order valence-electron chi connectivity index (χ0n) is 18.9. The number of hydrazone groups is 1. The van der Waals surface area contributed by atoms with E-state index in [0.717, 1.165) is 53.2 Å². The van der Waals surface area contributed by atoms with Crippen LogP contribution in [0.2, 0.25) is 0 Å². The first-order chi connectivity index (χ1) is 16.0. The summed E-state index contributed by atoms with van der Waals surface area (Å²) in [5.41, 5.74) is 4.05. The van der Waals surface area contributed by atoms with Gasteiger partial charge in [0.05, 0.1) is 32.4 Å². The normalized spacial score (nSPS) is 20.8. The highest BCUT2D eigenvalue weighted by Crippen LogP contribution is 2.45. The maximum absolute atomic E-state index is 13.0. The summed E-state index contributed by atoms with van der Waals surface area (Å²) < 4.78 is 10.5.